The summed E-state index contributed by atoms with van der Waals surface area (Å²) in [5.41, 5.74) is 0. The molecule has 138 valence electrons. The minimum Gasteiger partial charge on any atom is -0.314 e. The van der Waals surface area contributed by atoms with E-state index in [1.165, 1.54) is 11.2 Å². The molecule has 23 heavy (non-hydrogen) atoms. The average molecular weight is 391 g/mol. The molecule has 2 N–H and O–H groups in total. The third-order valence-corrected chi connectivity index (χ3v) is 7.49. The molecule has 0 spiro atoms. The van der Waals surface area contributed by atoms with Crippen molar-refractivity contribution in [2.45, 2.75) is 19.4 Å². The van der Waals surface area contributed by atoms with E-state index in [4.69, 9.17) is 0 Å². The van der Waals surface area contributed by atoms with Gasteiger partial charge in [-0.25, -0.2) is 25.9 Å². The Kier molecular flexibility index (Phi) is 8.18. The van der Waals surface area contributed by atoms with Crippen molar-refractivity contribution >= 4 is 32.5 Å². The maximum Gasteiger partial charge on any atom is 0.215 e. The van der Waals surface area contributed by atoms with Crippen LogP contribution in [0.4, 0.5) is 0 Å². The van der Waals surface area contributed by atoms with Gasteiger partial charge in [-0.1, -0.05) is 0 Å². The van der Waals surface area contributed by atoms with E-state index in [-0.39, 0.29) is 36.5 Å². The number of halogens is 1. The number of nitrogens with zero attached hydrogens (tertiary/aromatic N) is 2. The first kappa shape index (κ1) is 21.1. The largest absolute Gasteiger partial charge is 0.314 e. The van der Waals surface area contributed by atoms with E-state index >= 15 is 0 Å². The molecule has 0 aromatic carbocycles. The second-order valence-corrected chi connectivity index (χ2v) is 9.88. The summed E-state index contributed by atoms with van der Waals surface area (Å²) in [7, 11) is -6.74. The van der Waals surface area contributed by atoms with Crippen molar-refractivity contribution in [3.8, 4) is 0 Å². The molecule has 2 saturated heterocycles. The molecule has 11 heteroatoms. The van der Waals surface area contributed by atoms with E-state index in [9.17, 15) is 16.8 Å². The quantitative estimate of drug-likeness (QED) is 0.558. The van der Waals surface area contributed by atoms with E-state index in [0.29, 0.717) is 13.1 Å². The molecule has 1 unspecified atom stereocenters. The van der Waals surface area contributed by atoms with Crippen molar-refractivity contribution in [3.63, 3.8) is 0 Å². The second-order valence-electron chi connectivity index (χ2n) is 5.70. The van der Waals surface area contributed by atoms with Gasteiger partial charge in [-0.2, -0.15) is 0 Å². The topological polar surface area (TPSA) is 98.8 Å². The van der Waals surface area contributed by atoms with Crippen LogP contribution in [0.25, 0.3) is 0 Å². The SMILES string of the molecule is CCS(=O)(=O)NCCS(=O)(=O)N1CCC(N2CCNCC2)C1.Cl. The normalized spacial score (nSPS) is 24.5. The highest BCUT2D eigenvalue weighted by Gasteiger charge is 2.34. The Hall–Kier alpha value is 0.0300. The van der Waals surface area contributed by atoms with Gasteiger partial charge in [0.25, 0.3) is 0 Å². The molecule has 0 bridgehead atoms. The number of rotatable bonds is 7. The summed E-state index contributed by atoms with van der Waals surface area (Å²) in [5, 5.41) is 3.29. The summed E-state index contributed by atoms with van der Waals surface area (Å²) in [6.07, 6.45) is 0.847. The van der Waals surface area contributed by atoms with E-state index in [1.807, 2.05) is 0 Å². The van der Waals surface area contributed by atoms with E-state index < -0.39 is 20.0 Å². The van der Waals surface area contributed by atoms with Gasteiger partial charge < -0.3 is 5.32 Å². The molecule has 0 aromatic heterocycles. The zero-order valence-corrected chi connectivity index (χ0v) is 15.9. The molecule has 2 heterocycles. The van der Waals surface area contributed by atoms with Gasteiger partial charge in [-0.05, 0) is 13.3 Å². The Labute approximate surface area is 145 Å². The van der Waals surface area contributed by atoms with Crippen molar-refractivity contribution in [3.05, 3.63) is 0 Å². The third-order valence-electron chi connectivity index (χ3n) is 4.25. The Balaban J connectivity index is 0.00000264. The summed E-state index contributed by atoms with van der Waals surface area (Å²) in [5.74, 6) is -0.220. The lowest BCUT2D eigenvalue weighted by Gasteiger charge is -2.32. The molecule has 0 amide bonds. The van der Waals surface area contributed by atoms with E-state index in [2.05, 4.69) is 14.9 Å². The number of sulfonamides is 2. The van der Waals surface area contributed by atoms with Gasteiger partial charge in [0.2, 0.25) is 20.0 Å². The molecule has 0 radical (unpaired) electrons. The fourth-order valence-electron chi connectivity index (χ4n) is 2.87. The summed E-state index contributed by atoms with van der Waals surface area (Å²) in [6, 6.07) is 0.282. The summed E-state index contributed by atoms with van der Waals surface area (Å²) < 4.78 is 51.1. The highest BCUT2D eigenvalue weighted by atomic mass is 35.5. The number of hydrogen-bond acceptors (Lipinski definition) is 6. The van der Waals surface area contributed by atoms with Crippen molar-refractivity contribution in [2.24, 2.45) is 0 Å². The first-order valence-electron chi connectivity index (χ1n) is 7.74. The first-order valence-corrected chi connectivity index (χ1v) is 11.0. The molecule has 2 aliphatic rings. The van der Waals surface area contributed by atoms with Crippen LogP contribution in [0.1, 0.15) is 13.3 Å². The van der Waals surface area contributed by atoms with Gasteiger partial charge in [0, 0.05) is 51.9 Å². The predicted molar refractivity (Wildman–Crippen MR) is 92.9 cm³/mol. The fraction of sp³-hybridized carbons (Fsp3) is 1.00. The molecule has 8 nitrogen and oxygen atoms in total. The van der Waals surface area contributed by atoms with Crippen LogP contribution in [0.15, 0.2) is 0 Å². The van der Waals surface area contributed by atoms with Crippen LogP contribution in [-0.4, -0.2) is 89.4 Å². The lowest BCUT2D eigenvalue weighted by molar-refractivity contribution is 0.179. The van der Waals surface area contributed by atoms with Crippen LogP contribution in [-0.2, 0) is 20.0 Å². The van der Waals surface area contributed by atoms with E-state index in [1.54, 1.807) is 0 Å². The summed E-state index contributed by atoms with van der Waals surface area (Å²) in [4.78, 5) is 2.34. The predicted octanol–water partition coefficient (Wildman–Crippen LogP) is -1.34. The summed E-state index contributed by atoms with van der Waals surface area (Å²) in [6.45, 7) is 6.30. The molecule has 1 atom stereocenters. The zero-order chi connectivity index (χ0) is 16.2. The average Bonchev–Trinajstić information content (AvgIpc) is 2.98. The standard InChI is InChI=1S/C12H26N4O4S2.ClH/c1-2-21(17,18)14-6-10-22(19,20)16-7-3-12(11-16)15-8-4-13-5-9-15;/h12-14H,2-11H2,1H3;1H. The zero-order valence-electron chi connectivity index (χ0n) is 13.4. The van der Waals surface area contributed by atoms with Gasteiger partial charge in [0.15, 0.2) is 0 Å². The van der Waals surface area contributed by atoms with Crippen molar-refractivity contribution < 1.29 is 16.8 Å². The second kappa shape index (κ2) is 8.93. The van der Waals surface area contributed by atoms with Crippen LogP contribution >= 0.6 is 12.4 Å². The van der Waals surface area contributed by atoms with Crippen LogP contribution in [0.3, 0.4) is 0 Å². The fourth-order valence-corrected chi connectivity index (χ4v) is 5.01. The van der Waals surface area contributed by atoms with Gasteiger partial charge in [-0.3, -0.25) is 4.90 Å². The Bertz CT molecular complexity index is 564. The van der Waals surface area contributed by atoms with E-state index in [0.717, 1.165) is 32.6 Å². The monoisotopic (exact) mass is 390 g/mol. The van der Waals surface area contributed by atoms with Gasteiger partial charge in [0.1, 0.15) is 0 Å². The molecular formula is C12H27ClN4O4S2. The van der Waals surface area contributed by atoms with Gasteiger partial charge in [-0.15, -0.1) is 12.4 Å². The Morgan fingerprint density at radius 1 is 1.13 bits per heavy atom. The van der Waals surface area contributed by atoms with Crippen LogP contribution in [0.5, 0.6) is 0 Å². The maximum absolute atomic E-state index is 12.3. The van der Waals surface area contributed by atoms with Crippen LogP contribution in [0, 0.1) is 0 Å². The van der Waals surface area contributed by atoms with Crippen LogP contribution in [0.2, 0.25) is 0 Å². The molecule has 0 aliphatic carbocycles. The number of nitrogens with one attached hydrogen (secondary N) is 2. The minimum absolute atomic E-state index is 0. The summed E-state index contributed by atoms with van der Waals surface area (Å²) >= 11 is 0. The maximum atomic E-state index is 12.3. The van der Waals surface area contributed by atoms with Crippen molar-refractivity contribution in [1.82, 2.24) is 19.2 Å². The van der Waals surface area contributed by atoms with Gasteiger partial charge >= 0.3 is 0 Å². The third kappa shape index (κ3) is 6.11. The molecular weight excluding hydrogens is 364 g/mol. The van der Waals surface area contributed by atoms with Gasteiger partial charge in [0.05, 0.1) is 11.5 Å². The molecule has 2 rings (SSSR count). The highest BCUT2D eigenvalue weighted by Crippen LogP contribution is 2.19. The minimum atomic E-state index is -3.40. The number of piperazine rings is 1. The molecule has 0 aromatic rings. The number of hydrogen-bond donors (Lipinski definition) is 2. The van der Waals surface area contributed by atoms with Crippen LogP contribution < -0.4 is 10.0 Å². The molecule has 2 aliphatic heterocycles. The van der Waals surface area contributed by atoms with Crippen molar-refractivity contribution in [1.29, 1.82) is 0 Å². The van der Waals surface area contributed by atoms with Crippen molar-refractivity contribution in [2.75, 3.05) is 57.3 Å². The Morgan fingerprint density at radius 3 is 2.39 bits per heavy atom. The highest BCUT2D eigenvalue weighted by molar-refractivity contribution is 7.90. The lowest BCUT2D eigenvalue weighted by atomic mass is 10.2. The molecule has 0 saturated carbocycles. The first-order chi connectivity index (χ1) is 10.3. The smallest absolute Gasteiger partial charge is 0.215 e. The Morgan fingerprint density at radius 2 is 1.78 bits per heavy atom. The molecule has 2 fully saturated rings. The lowest BCUT2D eigenvalue weighted by Crippen LogP contribution is -2.49.